The van der Waals surface area contributed by atoms with Crippen LogP contribution in [0.25, 0.3) is 5.57 Å². The zero-order valence-corrected chi connectivity index (χ0v) is 22.1. The van der Waals surface area contributed by atoms with E-state index < -0.39 is 5.82 Å². The van der Waals surface area contributed by atoms with Crippen molar-refractivity contribution >= 4 is 40.2 Å². The Morgan fingerprint density at radius 2 is 2.09 bits per heavy atom. The maximum Gasteiger partial charge on any atom is 0.322 e. The summed E-state index contributed by atoms with van der Waals surface area (Å²) < 4.78 is 13.6. The number of nitrogens with zero attached hydrogens (tertiary/aromatic N) is 2. The molecule has 8 heteroatoms. The van der Waals surface area contributed by atoms with Gasteiger partial charge in [-0.15, -0.1) is 11.3 Å². The number of amides is 2. The highest BCUT2D eigenvalue weighted by Crippen LogP contribution is 2.33. The van der Waals surface area contributed by atoms with E-state index in [0.717, 1.165) is 58.4 Å². The number of thiophene rings is 1. The molecule has 2 heterocycles. The average molecular weight is 519 g/mol. The van der Waals surface area contributed by atoms with Crippen molar-refractivity contribution in [3.63, 3.8) is 0 Å². The summed E-state index contributed by atoms with van der Waals surface area (Å²) in [5.74, 6) is -0.488. The van der Waals surface area contributed by atoms with Crippen LogP contribution >= 0.6 is 22.9 Å². The molecular formula is C27H36ClFN4OS. The van der Waals surface area contributed by atoms with Gasteiger partial charge in [-0.05, 0) is 94.1 Å². The van der Waals surface area contributed by atoms with Gasteiger partial charge in [0.25, 0.3) is 0 Å². The van der Waals surface area contributed by atoms with Crippen molar-refractivity contribution < 1.29 is 9.18 Å². The Balaban J connectivity index is 1.41. The number of urea groups is 1. The standard InChI is InChI=1S/C27H36ClFN4OS/c1-2-13-30-19-23-10-12-26(35-23)20-5-8-22(9-6-20)33(17-16-32-14-3-4-15-32)27(34)31-21-7-11-25(29)24(28)18-21/h5,7,10-12,18,22,30H,2-4,6,8-9,13-17,19H2,1H3,(H,31,34). The number of carbonyl (C=O) groups excluding carboxylic acids is 1. The van der Waals surface area contributed by atoms with E-state index in [9.17, 15) is 9.18 Å². The van der Waals surface area contributed by atoms with Crippen LogP contribution in [-0.2, 0) is 6.54 Å². The molecule has 0 bridgehead atoms. The van der Waals surface area contributed by atoms with Gasteiger partial charge in [0.2, 0.25) is 0 Å². The van der Waals surface area contributed by atoms with Crippen LogP contribution in [-0.4, -0.2) is 54.6 Å². The van der Waals surface area contributed by atoms with E-state index in [4.69, 9.17) is 11.6 Å². The molecule has 2 amide bonds. The first-order valence-electron chi connectivity index (χ1n) is 12.8. The molecule has 1 saturated heterocycles. The lowest BCUT2D eigenvalue weighted by Gasteiger charge is -2.35. The van der Waals surface area contributed by atoms with E-state index in [1.807, 2.05) is 16.2 Å². The summed E-state index contributed by atoms with van der Waals surface area (Å²) in [5, 5.41) is 6.43. The largest absolute Gasteiger partial charge is 0.322 e. The highest BCUT2D eigenvalue weighted by molar-refractivity contribution is 7.13. The fraction of sp³-hybridized carbons (Fsp3) is 0.519. The molecule has 2 aliphatic rings. The molecule has 1 aliphatic carbocycles. The van der Waals surface area contributed by atoms with Gasteiger partial charge in [-0.2, -0.15) is 0 Å². The van der Waals surface area contributed by atoms with E-state index in [1.165, 1.54) is 40.3 Å². The predicted molar refractivity (Wildman–Crippen MR) is 145 cm³/mol. The zero-order valence-electron chi connectivity index (χ0n) is 20.5. The van der Waals surface area contributed by atoms with Gasteiger partial charge in [-0.1, -0.05) is 24.6 Å². The lowest BCUT2D eigenvalue weighted by Crippen LogP contribution is -2.46. The highest BCUT2D eigenvalue weighted by Gasteiger charge is 2.27. The van der Waals surface area contributed by atoms with Gasteiger partial charge in [-0.25, -0.2) is 9.18 Å². The monoisotopic (exact) mass is 518 g/mol. The molecule has 1 aromatic heterocycles. The third-order valence-electron chi connectivity index (χ3n) is 6.82. The third kappa shape index (κ3) is 7.29. The Morgan fingerprint density at radius 1 is 1.26 bits per heavy atom. The molecule has 5 nitrogen and oxygen atoms in total. The van der Waals surface area contributed by atoms with Crippen molar-refractivity contribution in [1.29, 1.82) is 0 Å². The highest BCUT2D eigenvalue weighted by atomic mass is 35.5. The molecule has 1 aromatic carbocycles. The van der Waals surface area contributed by atoms with Crippen molar-refractivity contribution in [1.82, 2.24) is 15.1 Å². The minimum absolute atomic E-state index is 0.0110. The molecule has 1 fully saturated rings. The number of hydrogen-bond acceptors (Lipinski definition) is 4. The van der Waals surface area contributed by atoms with Gasteiger partial charge in [0.15, 0.2) is 0 Å². The summed E-state index contributed by atoms with van der Waals surface area (Å²) in [4.78, 5) is 20.4. The topological polar surface area (TPSA) is 47.6 Å². The minimum atomic E-state index is -0.488. The molecule has 190 valence electrons. The average Bonchev–Trinajstić information content (AvgIpc) is 3.55. The van der Waals surface area contributed by atoms with Crippen molar-refractivity contribution in [2.24, 2.45) is 0 Å². The summed E-state index contributed by atoms with van der Waals surface area (Å²) in [6.07, 6.45) is 8.65. The zero-order chi connectivity index (χ0) is 24.6. The number of rotatable bonds is 10. The molecule has 1 aliphatic heterocycles. The van der Waals surface area contributed by atoms with Crippen LogP contribution in [0.4, 0.5) is 14.9 Å². The van der Waals surface area contributed by atoms with Gasteiger partial charge in [0.05, 0.1) is 5.02 Å². The molecule has 4 rings (SSSR count). The lowest BCUT2D eigenvalue weighted by atomic mass is 9.93. The summed E-state index contributed by atoms with van der Waals surface area (Å²) >= 11 is 7.79. The summed E-state index contributed by atoms with van der Waals surface area (Å²) in [6.45, 7) is 7.91. The van der Waals surface area contributed by atoms with E-state index in [0.29, 0.717) is 12.2 Å². The fourth-order valence-electron chi connectivity index (χ4n) is 4.84. The number of anilines is 1. The lowest BCUT2D eigenvalue weighted by molar-refractivity contribution is 0.170. The molecule has 0 saturated carbocycles. The Kier molecular flexibility index (Phi) is 9.60. The fourth-order valence-corrected chi connectivity index (χ4v) is 6.06. The molecule has 35 heavy (non-hydrogen) atoms. The number of allylic oxidation sites excluding steroid dienone is 1. The maximum atomic E-state index is 13.6. The van der Waals surface area contributed by atoms with Gasteiger partial charge < -0.3 is 20.4 Å². The van der Waals surface area contributed by atoms with Crippen molar-refractivity contribution in [3.05, 3.63) is 57.0 Å². The number of benzene rings is 1. The quantitative estimate of drug-likeness (QED) is 0.348. The predicted octanol–water partition coefficient (Wildman–Crippen LogP) is 6.61. The first kappa shape index (κ1) is 26.1. The molecular weight excluding hydrogens is 483 g/mol. The first-order valence-corrected chi connectivity index (χ1v) is 14.0. The van der Waals surface area contributed by atoms with Crippen LogP contribution in [0.5, 0.6) is 0 Å². The van der Waals surface area contributed by atoms with Crippen molar-refractivity contribution in [3.8, 4) is 0 Å². The number of carbonyl (C=O) groups is 1. The van der Waals surface area contributed by atoms with Crippen LogP contribution < -0.4 is 10.6 Å². The Morgan fingerprint density at radius 3 is 2.80 bits per heavy atom. The second kappa shape index (κ2) is 12.9. The Labute approximate surface area is 217 Å². The molecule has 2 aromatic rings. The van der Waals surface area contributed by atoms with Crippen molar-refractivity contribution in [2.75, 3.05) is 38.0 Å². The summed E-state index contributed by atoms with van der Waals surface area (Å²) in [6, 6.07) is 8.76. The number of nitrogens with one attached hydrogen (secondary N) is 2. The van der Waals surface area contributed by atoms with E-state index in [1.54, 1.807) is 6.07 Å². The molecule has 0 spiro atoms. The normalized spacial score (nSPS) is 18.5. The van der Waals surface area contributed by atoms with Crippen LogP contribution in [0.1, 0.15) is 55.2 Å². The van der Waals surface area contributed by atoms with Crippen LogP contribution in [0.2, 0.25) is 5.02 Å². The second-order valence-corrected chi connectivity index (χ2v) is 11.0. The first-order chi connectivity index (χ1) is 17.0. The molecule has 0 radical (unpaired) electrons. The number of likely N-dealkylation sites (tertiary alicyclic amines) is 1. The van der Waals surface area contributed by atoms with Gasteiger partial charge in [0.1, 0.15) is 5.82 Å². The molecule has 1 atom stereocenters. The number of halogens is 2. The van der Waals surface area contributed by atoms with E-state index >= 15 is 0 Å². The smallest absolute Gasteiger partial charge is 0.320 e. The van der Waals surface area contributed by atoms with Crippen LogP contribution in [0, 0.1) is 5.82 Å². The Bertz CT molecular complexity index is 1020. The SMILES string of the molecule is CCCNCc1ccc(C2=CCC(N(CCN3CCCC3)C(=O)Nc3ccc(F)c(Cl)c3)CC2)s1. The van der Waals surface area contributed by atoms with E-state index in [2.05, 4.69) is 40.7 Å². The number of hydrogen-bond donors (Lipinski definition) is 2. The van der Waals surface area contributed by atoms with Crippen LogP contribution in [0.3, 0.4) is 0 Å². The molecule has 1 unspecified atom stereocenters. The van der Waals surface area contributed by atoms with Gasteiger partial charge in [-0.3, -0.25) is 0 Å². The summed E-state index contributed by atoms with van der Waals surface area (Å²) in [7, 11) is 0. The van der Waals surface area contributed by atoms with Gasteiger partial charge in [0, 0.05) is 41.1 Å². The molecule has 2 N–H and O–H groups in total. The van der Waals surface area contributed by atoms with Crippen LogP contribution in [0.15, 0.2) is 36.4 Å². The van der Waals surface area contributed by atoms with Crippen molar-refractivity contribution in [2.45, 2.75) is 58.0 Å². The summed E-state index contributed by atoms with van der Waals surface area (Å²) in [5.41, 5.74) is 1.90. The maximum absolute atomic E-state index is 13.6. The second-order valence-electron chi connectivity index (χ2n) is 9.40. The van der Waals surface area contributed by atoms with E-state index in [-0.39, 0.29) is 17.1 Å². The van der Waals surface area contributed by atoms with Gasteiger partial charge >= 0.3 is 6.03 Å². The Hall–Kier alpha value is -1.93. The third-order valence-corrected chi connectivity index (χ3v) is 8.27. The minimum Gasteiger partial charge on any atom is -0.320 e.